The van der Waals surface area contributed by atoms with Crippen LogP contribution in [-0.4, -0.2) is 16.1 Å². The maximum Gasteiger partial charge on any atom is 0.303 e. The molecule has 2 aliphatic rings. The molecule has 3 heteroatoms. The zero-order chi connectivity index (χ0) is 16.1. The molecule has 2 saturated carbocycles. The molecule has 0 aliphatic heterocycles. The lowest BCUT2D eigenvalue weighted by Crippen LogP contribution is -2.20. The summed E-state index contributed by atoms with van der Waals surface area (Å²) in [5, 5.41) is 8.63. The lowest BCUT2D eigenvalue weighted by molar-refractivity contribution is -0.137. The number of pyridine rings is 1. The summed E-state index contributed by atoms with van der Waals surface area (Å²) in [5.41, 5.74) is 1.43. The van der Waals surface area contributed by atoms with Crippen LogP contribution in [0.5, 0.6) is 0 Å². The van der Waals surface area contributed by atoms with E-state index in [-0.39, 0.29) is 0 Å². The van der Waals surface area contributed by atoms with Crippen LogP contribution >= 0.6 is 0 Å². The number of aliphatic carboxylic acids is 1. The molecule has 3 unspecified atom stereocenters. The lowest BCUT2D eigenvalue weighted by Gasteiger charge is -2.30. The Morgan fingerprint density at radius 3 is 2.91 bits per heavy atom. The van der Waals surface area contributed by atoms with Gasteiger partial charge in [-0.3, -0.25) is 9.78 Å². The van der Waals surface area contributed by atoms with E-state index in [0.29, 0.717) is 12.3 Å². The fourth-order valence-corrected chi connectivity index (χ4v) is 4.75. The summed E-state index contributed by atoms with van der Waals surface area (Å²) in [6, 6.07) is 4.32. The van der Waals surface area contributed by atoms with Crippen molar-refractivity contribution in [3.8, 4) is 0 Å². The Labute approximate surface area is 138 Å². The van der Waals surface area contributed by atoms with E-state index in [1.807, 2.05) is 6.20 Å². The van der Waals surface area contributed by atoms with E-state index in [1.165, 1.54) is 31.2 Å². The molecule has 2 fully saturated rings. The van der Waals surface area contributed by atoms with Gasteiger partial charge in [-0.15, -0.1) is 0 Å². The number of carboxylic acid groups (broad SMARTS) is 1. The number of aromatic nitrogens is 1. The van der Waals surface area contributed by atoms with Crippen molar-refractivity contribution in [2.24, 2.45) is 17.8 Å². The Morgan fingerprint density at radius 1 is 1.26 bits per heavy atom. The zero-order valence-electron chi connectivity index (χ0n) is 13.7. The Bertz CT molecular complexity index is 540. The second-order valence-electron chi connectivity index (χ2n) is 7.16. The van der Waals surface area contributed by atoms with Crippen LogP contribution in [0.1, 0.15) is 62.8 Å². The smallest absolute Gasteiger partial charge is 0.303 e. The molecule has 3 nitrogen and oxygen atoms in total. The average molecular weight is 313 g/mol. The van der Waals surface area contributed by atoms with Gasteiger partial charge >= 0.3 is 5.97 Å². The second kappa shape index (κ2) is 7.76. The Morgan fingerprint density at radius 2 is 2.13 bits per heavy atom. The molecule has 4 atom stereocenters. The molecular formula is C20H27NO2. The number of carboxylic acids is 1. The zero-order valence-corrected chi connectivity index (χ0v) is 13.7. The highest BCUT2D eigenvalue weighted by molar-refractivity contribution is 5.66. The minimum absolute atomic E-state index is 0.295. The average Bonchev–Trinajstić information content (AvgIpc) is 3.15. The number of rotatable bonds is 8. The fourth-order valence-electron chi connectivity index (χ4n) is 4.75. The number of unbranched alkanes of at least 4 members (excludes halogenated alkanes) is 2. The van der Waals surface area contributed by atoms with Gasteiger partial charge in [0.25, 0.3) is 0 Å². The molecule has 1 aromatic heterocycles. The number of fused-ring (bicyclic) bond motifs is 2. The molecule has 0 radical (unpaired) electrons. The van der Waals surface area contributed by atoms with Crippen molar-refractivity contribution in [1.29, 1.82) is 0 Å². The van der Waals surface area contributed by atoms with E-state index in [9.17, 15) is 4.79 Å². The van der Waals surface area contributed by atoms with Crippen LogP contribution in [0.15, 0.2) is 36.7 Å². The summed E-state index contributed by atoms with van der Waals surface area (Å²) in [6.07, 6.45) is 16.9. The summed E-state index contributed by atoms with van der Waals surface area (Å²) < 4.78 is 0. The SMILES string of the molecule is O=C(O)CCCC/C=C\C[C@@H]1C2CCC(C2)C1c1cccnc1. The van der Waals surface area contributed by atoms with Crippen LogP contribution in [0.2, 0.25) is 0 Å². The molecule has 124 valence electrons. The first kappa shape index (κ1) is 16.2. The highest BCUT2D eigenvalue weighted by atomic mass is 16.4. The van der Waals surface area contributed by atoms with E-state index >= 15 is 0 Å². The van der Waals surface area contributed by atoms with E-state index in [1.54, 1.807) is 0 Å². The first-order valence-electron chi connectivity index (χ1n) is 9.02. The Kier molecular flexibility index (Phi) is 5.47. The predicted octanol–water partition coefficient (Wildman–Crippen LogP) is 4.80. The molecule has 23 heavy (non-hydrogen) atoms. The molecule has 0 spiro atoms. The first-order valence-corrected chi connectivity index (χ1v) is 9.02. The number of carbonyl (C=O) groups is 1. The maximum absolute atomic E-state index is 10.5. The van der Waals surface area contributed by atoms with Gasteiger partial charge in [-0.2, -0.15) is 0 Å². The third kappa shape index (κ3) is 4.01. The first-order chi connectivity index (χ1) is 11.3. The lowest BCUT2D eigenvalue weighted by atomic mass is 9.74. The van der Waals surface area contributed by atoms with Crippen molar-refractivity contribution in [1.82, 2.24) is 4.98 Å². The van der Waals surface area contributed by atoms with Gasteiger partial charge in [0.15, 0.2) is 0 Å². The molecular weight excluding hydrogens is 286 g/mol. The van der Waals surface area contributed by atoms with Crippen molar-refractivity contribution >= 4 is 5.97 Å². The minimum Gasteiger partial charge on any atom is -0.481 e. The van der Waals surface area contributed by atoms with Crippen LogP contribution in [0.4, 0.5) is 0 Å². The summed E-state index contributed by atoms with van der Waals surface area (Å²) in [4.78, 5) is 14.8. The van der Waals surface area contributed by atoms with Gasteiger partial charge in [-0.25, -0.2) is 0 Å². The molecule has 0 saturated heterocycles. The Balaban J connectivity index is 1.51. The summed E-state index contributed by atoms with van der Waals surface area (Å²) >= 11 is 0. The molecule has 1 aromatic rings. The van der Waals surface area contributed by atoms with E-state index in [4.69, 9.17) is 5.11 Å². The van der Waals surface area contributed by atoms with Crippen LogP contribution in [0, 0.1) is 17.8 Å². The fraction of sp³-hybridized carbons (Fsp3) is 0.600. The van der Waals surface area contributed by atoms with Crippen LogP contribution in [0.25, 0.3) is 0 Å². The van der Waals surface area contributed by atoms with Crippen LogP contribution in [0.3, 0.4) is 0 Å². The number of nitrogens with zero attached hydrogens (tertiary/aromatic N) is 1. The minimum atomic E-state index is -0.685. The Hall–Kier alpha value is -1.64. The normalized spacial score (nSPS) is 29.4. The van der Waals surface area contributed by atoms with E-state index in [2.05, 4.69) is 35.5 Å². The predicted molar refractivity (Wildman–Crippen MR) is 91.2 cm³/mol. The molecule has 2 aliphatic carbocycles. The van der Waals surface area contributed by atoms with E-state index in [0.717, 1.165) is 37.0 Å². The third-order valence-corrected chi connectivity index (χ3v) is 5.74. The second-order valence-corrected chi connectivity index (χ2v) is 7.16. The highest BCUT2D eigenvalue weighted by Crippen LogP contribution is 2.57. The van der Waals surface area contributed by atoms with Gasteiger partial charge < -0.3 is 5.11 Å². The van der Waals surface area contributed by atoms with Gasteiger partial charge in [-0.1, -0.05) is 18.2 Å². The summed E-state index contributed by atoms with van der Waals surface area (Å²) in [6.45, 7) is 0. The highest BCUT2D eigenvalue weighted by Gasteiger charge is 2.47. The monoisotopic (exact) mass is 313 g/mol. The number of hydrogen-bond acceptors (Lipinski definition) is 2. The molecule has 2 bridgehead atoms. The van der Waals surface area contributed by atoms with E-state index < -0.39 is 5.97 Å². The topological polar surface area (TPSA) is 50.2 Å². The summed E-state index contributed by atoms with van der Waals surface area (Å²) in [5.74, 6) is 2.53. The number of allylic oxidation sites excluding steroid dienone is 2. The van der Waals surface area contributed by atoms with Crippen molar-refractivity contribution in [3.63, 3.8) is 0 Å². The molecule has 0 amide bonds. The van der Waals surface area contributed by atoms with Crippen molar-refractivity contribution in [2.45, 2.75) is 57.3 Å². The van der Waals surface area contributed by atoms with Gasteiger partial charge in [0, 0.05) is 18.8 Å². The maximum atomic E-state index is 10.5. The van der Waals surface area contributed by atoms with Crippen molar-refractivity contribution in [2.75, 3.05) is 0 Å². The van der Waals surface area contributed by atoms with Gasteiger partial charge in [-0.05, 0) is 80.2 Å². The third-order valence-electron chi connectivity index (χ3n) is 5.74. The van der Waals surface area contributed by atoms with Gasteiger partial charge in [0.05, 0.1) is 0 Å². The molecule has 1 N–H and O–H groups in total. The largest absolute Gasteiger partial charge is 0.481 e. The van der Waals surface area contributed by atoms with Crippen LogP contribution in [-0.2, 0) is 4.79 Å². The quantitative estimate of drug-likeness (QED) is 0.554. The molecule has 0 aromatic carbocycles. The number of hydrogen-bond donors (Lipinski definition) is 1. The van der Waals surface area contributed by atoms with Crippen molar-refractivity contribution in [3.05, 3.63) is 42.2 Å². The van der Waals surface area contributed by atoms with Crippen LogP contribution < -0.4 is 0 Å². The van der Waals surface area contributed by atoms with Gasteiger partial charge in [0.1, 0.15) is 0 Å². The summed E-state index contributed by atoms with van der Waals surface area (Å²) in [7, 11) is 0. The molecule has 3 rings (SSSR count). The van der Waals surface area contributed by atoms with Gasteiger partial charge in [0.2, 0.25) is 0 Å². The molecule has 1 heterocycles. The van der Waals surface area contributed by atoms with Crippen molar-refractivity contribution < 1.29 is 9.90 Å². The standard InChI is InChI=1S/C20H27NO2/c22-19(23)9-5-3-1-2-4-8-18-15-10-11-16(13-15)20(18)17-7-6-12-21-14-17/h2,4,6-7,12,14-16,18,20H,1,3,5,8-11,13H2,(H,22,23)/b4-2-/t15?,16?,18-,20?/m1/s1.